The lowest BCUT2D eigenvalue weighted by atomic mass is 10.2. The van der Waals surface area contributed by atoms with E-state index < -0.39 is 9.84 Å². The topological polar surface area (TPSA) is 66.4 Å². The molecule has 0 fully saturated rings. The molecule has 0 heterocycles. The molecular formula is C10H23NO3S. The molecule has 0 aromatic carbocycles. The van der Waals surface area contributed by atoms with Gasteiger partial charge in [-0.05, 0) is 26.3 Å². The van der Waals surface area contributed by atoms with E-state index in [1.54, 1.807) is 0 Å². The highest BCUT2D eigenvalue weighted by molar-refractivity contribution is 7.90. The highest BCUT2D eigenvalue weighted by atomic mass is 32.2. The lowest BCUT2D eigenvalue weighted by Gasteiger charge is -2.12. The molecule has 1 unspecified atom stereocenters. The summed E-state index contributed by atoms with van der Waals surface area (Å²) in [6, 6.07) is 0.0258. The summed E-state index contributed by atoms with van der Waals surface area (Å²) in [5.41, 5.74) is 0. The van der Waals surface area contributed by atoms with Crippen molar-refractivity contribution >= 4 is 9.84 Å². The molecule has 15 heavy (non-hydrogen) atoms. The van der Waals surface area contributed by atoms with E-state index in [4.69, 9.17) is 5.11 Å². The summed E-state index contributed by atoms with van der Waals surface area (Å²) in [5, 5.41) is 11.7. The first-order valence-corrected chi connectivity index (χ1v) is 7.53. The van der Waals surface area contributed by atoms with Gasteiger partial charge in [-0.25, -0.2) is 8.42 Å². The number of hydrogen-bond donors (Lipinski definition) is 2. The van der Waals surface area contributed by atoms with Crippen molar-refractivity contribution < 1.29 is 13.5 Å². The van der Waals surface area contributed by atoms with Crippen LogP contribution in [0.3, 0.4) is 0 Å². The van der Waals surface area contributed by atoms with Crippen molar-refractivity contribution in [3.8, 4) is 0 Å². The zero-order valence-corrected chi connectivity index (χ0v) is 10.5. The largest absolute Gasteiger partial charge is 0.396 e. The Morgan fingerprint density at radius 3 is 2.33 bits per heavy atom. The third kappa shape index (κ3) is 11.8. The average Bonchev–Trinajstić information content (AvgIpc) is 2.08. The molecule has 92 valence electrons. The Bertz CT molecular complexity index is 239. The van der Waals surface area contributed by atoms with Crippen LogP contribution in [0.4, 0.5) is 0 Å². The average molecular weight is 237 g/mol. The number of aliphatic hydroxyl groups excluding tert-OH is 1. The summed E-state index contributed by atoms with van der Waals surface area (Å²) >= 11 is 0. The second kappa shape index (κ2) is 8.07. The van der Waals surface area contributed by atoms with Gasteiger partial charge >= 0.3 is 0 Å². The van der Waals surface area contributed by atoms with E-state index in [1.807, 2.05) is 6.92 Å². The number of rotatable bonds is 9. The molecular weight excluding hydrogens is 214 g/mol. The zero-order valence-electron chi connectivity index (χ0n) is 9.70. The highest BCUT2D eigenvalue weighted by Crippen LogP contribution is 1.98. The van der Waals surface area contributed by atoms with Gasteiger partial charge in [0.25, 0.3) is 0 Å². The molecule has 2 N–H and O–H groups in total. The minimum Gasteiger partial charge on any atom is -0.396 e. The van der Waals surface area contributed by atoms with E-state index in [9.17, 15) is 8.42 Å². The molecule has 0 amide bonds. The molecule has 0 aliphatic carbocycles. The molecule has 0 aliphatic heterocycles. The van der Waals surface area contributed by atoms with Crippen LogP contribution in [0.2, 0.25) is 0 Å². The van der Waals surface area contributed by atoms with Gasteiger partial charge in [-0.1, -0.05) is 12.8 Å². The fourth-order valence-electron chi connectivity index (χ4n) is 1.45. The van der Waals surface area contributed by atoms with Gasteiger partial charge in [-0.15, -0.1) is 0 Å². The van der Waals surface area contributed by atoms with Crippen LogP contribution in [0.5, 0.6) is 0 Å². The van der Waals surface area contributed by atoms with Crippen LogP contribution < -0.4 is 5.32 Å². The monoisotopic (exact) mass is 237 g/mol. The minimum atomic E-state index is -2.87. The van der Waals surface area contributed by atoms with Crippen molar-refractivity contribution in [2.24, 2.45) is 0 Å². The number of hydrogen-bond acceptors (Lipinski definition) is 4. The Kier molecular flexibility index (Phi) is 8.00. The molecule has 0 rings (SSSR count). The molecule has 1 atom stereocenters. The Balaban J connectivity index is 3.36. The normalized spacial score (nSPS) is 14.1. The van der Waals surface area contributed by atoms with Crippen LogP contribution in [0.1, 0.15) is 32.6 Å². The third-order valence-electron chi connectivity index (χ3n) is 2.13. The zero-order chi connectivity index (χ0) is 11.7. The second-order valence-corrected chi connectivity index (χ2v) is 6.27. The Hall–Kier alpha value is -0.130. The predicted octanol–water partition coefficient (Wildman–Crippen LogP) is 0.562. The van der Waals surface area contributed by atoms with Crippen LogP contribution in [0.25, 0.3) is 0 Å². The lowest BCUT2D eigenvalue weighted by Crippen LogP contribution is -2.33. The molecule has 5 heteroatoms. The van der Waals surface area contributed by atoms with Crippen LogP contribution in [-0.4, -0.2) is 44.7 Å². The quantitative estimate of drug-likeness (QED) is 0.575. The minimum absolute atomic E-state index is 0.0258. The number of aliphatic hydroxyl groups is 1. The van der Waals surface area contributed by atoms with Gasteiger partial charge in [0, 0.05) is 18.9 Å². The van der Waals surface area contributed by atoms with Crippen LogP contribution in [0.15, 0.2) is 0 Å². The van der Waals surface area contributed by atoms with Gasteiger partial charge < -0.3 is 10.4 Å². The Labute approximate surface area is 93.0 Å². The number of nitrogens with one attached hydrogen (secondary N) is 1. The van der Waals surface area contributed by atoms with Crippen molar-refractivity contribution in [2.45, 2.75) is 38.6 Å². The van der Waals surface area contributed by atoms with Crippen molar-refractivity contribution in [2.75, 3.05) is 25.2 Å². The van der Waals surface area contributed by atoms with Gasteiger partial charge in [-0.3, -0.25) is 0 Å². The van der Waals surface area contributed by atoms with Gasteiger partial charge in [0.15, 0.2) is 0 Å². The first kappa shape index (κ1) is 14.9. The molecule has 0 aliphatic rings. The third-order valence-corrected chi connectivity index (χ3v) is 3.24. The maximum absolute atomic E-state index is 10.9. The lowest BCUT2D eigenvalue weighted by molar-refractivity contribution is 0.282. The first-order chi connectivity index (χ1) is 6.95. The maximum Gasteiger partial charge on any atom is 0.148 e. The predicted molar refractivity (Wildman–Crippen MR) is 62.7 cm³/mol. The fraction of sp³-hybridized carbons (Fsp3) is 1.00. The fourth-order valence-corrected chi connectivity index (χ4v) is 2.48. The van der Waals surface area contributed by atoms with E-state index >= 15 is 0 Å². The van der Waals surface area contributed by atoms with E-state index in [1.165, 1.54) is 6.26 Å². The summed E-state index contributed by atoms with van der Waals surface area (Å²) in [6.07, 6.45) is 5.28. The van der Waals surface area contributed by atoms with E-state index in [0.29, 0.717) is 0 Å². The molecule has 0 spiro atoms. The highest BCUT2D eigenvalue weighted by Gasteiger charge is 2.08. The van der Waals surface area contributed by atoms with Crippen LogP contribution >= 0.6 is 0 Å². The molecule has 4 nitrogen and oxygen atoms in total. The Morgan fingerprint density at radius 1 is 1.20 bits per heavy atom. The van der Waals surface area contributed by atoms with Crippen molar-refractivity contribution in [1.29, 1.82) is 0 Å². The van der Waals surface area contributed by atoms with E-state index in [0.717, 1.165) is 32.2 Å². The SMILES string of the molecule is CC(CS(C)(=O)=O)NCCCCCCO. The van der Waals surface area contributed by atoms with Crippen molar-refractivity contribution in [3.63, 3.8) is 0 Å². The summed E-state index contributed by atoms with van der Waals surface area (Å²) in [5.74, 6) is 0.198. The maximum atomic E-state index is 10.9. The molecule has 0 saturated carbocycles. The molecule has 0 aromatic rings. The summed E-state index contributed by atoms with van der Waals surface area (Å²) in [6.45, 7) is 2.99. The van der Waals surface area contributed by atoms with E-state index in [2.05, 4.69) is 5.32 Å². The Morgan fingerprint density at radius 2 is 1.80 bits per heavy atom. The summed E-state index contributed by atoms with van der Waals surface area (Å²) < 4.78 is 21.9. The molecule has 0 aromatic heterocycles. The van der Waals surface area contributed by atoms with Gasteiger partial charge in [0.05, 0.1) is 5.75 Å². The van der Waals surface area contributed by atoms with Crippen LogP contribution in [-0.2, 0) is 9.84 Å². The molecule has 0 radical (unpaired) electrons. The van der Waals surface area contributed by atoms with Crippen LogP contribution in [0, 0.1) is 0 Å². The molecule has 0 bridgehead atoms. The number of unbranched alkanes of at least 4 members (excludes halogenated alkanes) is 3. The van der Waals surface area contributed by atoms with Gasteiger partial charge in [-0.2, -0.15) is 0 Å². The smallest absolute Gasteiger partial charge is 0.148 e. The first-order valence-electron chi connectivity index (χ1n) is 5.47. The second-order valence-electron chi connectivity index (χ2n) is 4.09. The van der Waals surface area contributed by atoms with E-state index in [-0.39, 0.29) is 18.4 Å². The standard InChI is InChI=1S/C10H23NO3S/c1-10(9-15(2,13)14)11-7-5-3-4-6-8-12/h10-12H,3-9H2,1-2H3. The molecule has 0 saturated heterocycles. The van der Waals surface area contributed by atoms with Crippen molar-refractivity contribution in [1.82, 2.24) is 5.32 Å². The number of sulfone groups is 1. The summed E-state index contributed by atoms with van der Waals surface area (Å²) in [4.78, 5) is 0. The van der Waals surface area contributed by atoms with Crippen molar-refractivity contribution in [3.05, 3.63) is 0 Å². The summed E-state index contributed by atoms with van der Waals surface area (Å²) in [7, 11) is -2.87. The van der Waals surface area contributed by atoms with Gasteiger partial charge in [0.1, 0.15) is 9.84 Å². The van der Waals surface area contributed by atoms with Gasteiger partial charge in [0.2, 0.25) is 0 Å².